The minimum absolute atomic E-state index is 0. The molecule has 0 aromatic rings. The summed E-state index contributed by atoms with van der Waals surface area (Å²) in [6.45, 7) is 1.08. The molecule has 0 aliphatic carbocycles. The fraction of sp³-hybridized carbons (Fsp3) is 0.500. The summed E-state index contributed by atoms with van der Waals surface area (Å²) in [6, 6.07) is 0. The first-order valence-corrected chi connectivity index (χ1v) is 4.02. The Balaban J connectivity index is -0.0000000910. The van der Waals surface area contributed by atoms with Gasteiger partial charge in [0.1, 0.15) is 0 Å². The van der Waals surface area contributed by atoms with Crippen LogP contribution in [0.1, 0.15) is 6.92 Å². The van der Waals surface area contributed by atoms with Gasteiger partial charge in [-0.2, -0.15) is 4.21 Å². The third-order valence-corrected chi connectivity index (χ3v) is 0. The van der Waals surface area contributed by atoms with E-state index in [2.05, 4.69) is 11.2 Å². The molecule has 0 aromatic carbocycles. The molecule has 0 spiro atoms. The maximum atomic E-state index is 9.11. The van der Waals surface area contributed by atoms with Gasteiger partial charge in [0.2, 0.25) is 0 Å². The molecule has 0 saturated heterocycles. The van der Waals surface area contributed by atoms with Crippen molar-refractivity contribution in [2.75, 3.05) is 0 Å². The van der Waals surface area contributed by atoms with Gasteiger partial charge in [-0.3, -0.25) is 13.9 Å². The Labute approximate surface area is 83.3 Å². The number of carbonyl (C=O) groups is 1. The first kappa shape index (κ1) is 17.0. The summed E-state index contributed by atoms with van der Waals surface area (Å²) in [5, 5.41) is 7.42. The molecule has 8 heteroatoms. The van der Waals surface area contributed by atoms with Gasteiger partial charge in [0.25, 0.3) is 15.0 Å². The summed E-state index contributed by atoms with van der Waals surface area (Å²) >= 11 is 3.47. The number of aliphatic carboxylic acids is 1. The van der Waals surface area contributed by atoms with Crippen LogP contribution >= 0.6 is 0 Å². The van der Waals surface area contributed by atoms with Crippen molar-refractivity contribution in [3.05, 3.63) is 0 Å². The van der Waals surface area contributed by atoms with Gasteiger partial charge in [-0.1, -0.05) is 0 Å². The standard InChI is InChI=1S/C2H4O2.H2O3S2.Pb.2H/c1-2(3)4;1-5(2,3)4;;;/h1H3,(H,3,4);(H2,1,2,3,4);;;. The Kier molecular flexibility index (Phi) is 13.2. The number of rotatable bonds is 0. The van der Waals surface area contributed by atoms with Crippen LogP contribution in [0, 0.1) is 0 Å². The number of hydrogen-bond acceptors (Lipinski definition) is 3. The van der Waals surface area contributed by atoms with Crippen molar-refractivity contribution in [2.45, 2.75) is 6.92 Å². The second kappa shape index (κ2) is 7.79. The zero-order valence-corrected chi connectivity index (χ0v) is 12.3. The summed E-state index contributed by atoms with van der Waals surface area (Å²) < 4.78 is 24.0. The van der Waals surface area contributed by atoms with Gasteiger partial charge >= 0.3 is 27.3 Å². The van der Waals surface area contributed by atoms with E-state index >= 15 is 0 Å². The van der Waals surface area contributed by atoms with Gasteiger partial charge in [0, 0.05) is 18.1 Å². The van der Waals surface area contributed by atoms with E-state index in [0.29, 0.717) is 0 Å². The van der Waals surface area contributed by atoms with Crippen LogP contribution in [0.4, 0.5) is 0 Å². The number of hydrogen-bond donors (Lipinski definition) is 3. The van der Waals surface area contributed by atoms with E-state index in [4.69, 9.17) is 23.2 Å². The molecule has 0 amide bonds. The van der Waals surface area contributed by atoms with Crippen molar-refractivity contribution in [3.63, 3.8) is 0 Å². The molecule has 0 rings (SSSR count). The first-order chi connectivity index (χ1) is 3.73. The normalized spacial score (nSPS) is 8.30. The second-order valence-corrected chi connectivity index (χ2v) is 3.17. The van der Waals surface area contributed by atoms with E-state index in [9.17, 15) is 0 Å². The molecular formula is C2H8O5PbS2. The second-order valence-electron chi connectivity index (χ2n) is 0.967. The van der Waals surface area contributed by atoms with Crippen LogP contribution in [0.5, 0.6) is 0 Å². The van der Waals surface area contributed by atoms with Crippen LogP contribution in [0.2, 0.25) is 0 Å². The quantitative estimate of drug-likeness (QED) is 0.458. The van der Waals surface area contributed by atoms with Crippen molar-refractivity contribution in [1.82, 2.24) is 0 Å². The van der Waals surface area contributed by atoms with Gasteiger partial charge in [0.15, 0.2) is 0 Å². The van der Waals surface area contributed by atoms with Gasteiger partial charge in [-0.15, -0.1) is 0 Å². The van der Waals surface area contributed by atoms with Gasteiger partial charge in [-0.05, 0) is 0 Å². The Morgan fingerprint density at radius 3 is 1.50 bits per heavy atom. The van der Waals surface area contributed by atoms with Crippen molar-refractivity contribution < 1.29 is 23.2 Å². The van der Waals surface area contributed by atoms with Crippen molar-refractivity contribution in [1.29, 1.82) is 0 Å². The summed E-state index contributed by atoms with van der Waals surface area (Å²) in [7, 11) is -3.83. The van der Waals surface area contributed by atoms with Crippen LogP contribution < -0.4 is 0 Å². The van der Waals surface area contributed by atoms with Crippen LogP contribution in [0.15, 0.2) is 0 Å². The molecule has 0 saturated carbocycles. The van der Waals surface area contributed by atoms with E-state index in [1.807, 2.05) is 0 Å². The van der Waals surface area contributed by atoms with E-state index in [-0.39, 0.29) is 27.3 Å². The first-order valence-electron chi connectivity index (χ1n) is 1.63. The molecule has 62 valence electrons. The molecule has 0 bridgehead atoms. The Morgan fingerprint density at radius 1 is 1.50 bits per heavy atom. The summed E-state index contributed by atoms with van der Waals surface area (Å²) in [5.41, 5.74) is 0. The average molecular weight is 383 g/mol. The molecule has 0 aromatic heterocycles. The van der Waals surface area contributed by atoms with E-state index in [0.717, 1.165) is 6.92 Å². The Bertz CT molecular complexity index is 160. The average Bonchev–Trinajstić information content (AvgIpc) is 1.19. The van der Waals surface area contributed by atoms with Crippen molar-refractivity contribution in [2.24, 2.45) is 0 Å². The van der Waals surface area contributed by atoms with Gasteiger partial charge in [-0.25, -0.2) is 0 Å². The zero-order chi connectivity index (χ0) is 8.08. The molecule has 0 unspecified atom stereocenters. The molecule has 3 N–H and O–H groups in total. The molecular weight excluding hydrogens is 375 g/mol. The topological polar surface area (TPSA) is 94.8 Å². The monoisotopic (exact) mass is 384 g/mol. The molecule has 0 aliphatic rings. The van der Waals surface area contributed by atoms with E-state index < -0.39 is 15.0 Å². The molecule has 10 heavy (non-hydrogen) atoms. The molecule has 0 fully saturated rings. The predicted octanol–water partition coefficient (Wildman–Crippen LogP) is -1.15. The Morgan fingerprint density at radius 2 is 1.50 bits per heavy atom. The minimum atomic E-state index is -3.83. The molecule has 0 aliphatic heterocycles. The fourth-order valence-electron chi connectivity index (χ4n) is 0. The van der Waals surface area contributed by atoms with Crippen molar-refractivity contribution in [3.8, 4) is 0 Å². The number of carboxylic acids is 1. The van der Waals surface area contributed by atoms with Crippen LogP contribution in [0.25, 0.3) is 0 Å². The van der Waals surface area contributed by atoms with Crippen LogP contribution in [-0.2, 0) is 25.0 Å². The molecule has 5 nitrogen and oxygen atoms in total. The Hall–Kier alpha value is 0.682. The van der Waals surface area contributed by atoms with E-state index in [1.54, 1.807) is 0 Å². The fourth-order valence-corrected chi connectivity index (χ4v) is 0. The third kappa shape index (κ3) is 1100. The van der Waals surface area contributed by atoms with Gasteiger partial charge < -0.3 is 5.11 Å². The zero-order valence-electron chi connectivity index (χ0n) is 5.18. The molecule has 0 atom stereocenters. The number of carboxylic acid groups (broad SMARTS) is 1. The predicted molar refractivity (Wildman–Crippen MR) is 42.6 cm³/mol. The van der Waals surface area contributed by atoms with Crippen LogP contribution in [-0.4, -0.2) is 51.7 Å². The van der Waals surface area contributed by atoms with Crippen LogP contribution in [0.3, 0.4) is 0 Å². The third-order valence-electron chi connectivity index (χ3n) is 0. The maximum absolute atomic E-state index is 9.11. The van der Waals surface area contributed by atoms with E-state index in [1.165, 1.54) is 0 Å². The summed E-state index contributed by atoms with van der Waals surface area (Å²) in [6.07, 6.45) is 0. The summed E-state index contributed by atoms with van der Waals surface area (Å²) in [4.78, 5) is 9.00. The SMILES string of the molecule is CC(=O)O.O=S(O)(O)=S.[PbH2]. The summed E-state index contributed by atoms with van der Waals surface area (Å²) in [5.74, 6) is -0.833. The van der Waals surface area contributed by atoms with Crippen molar-refractivity contribution >= 4 is 53.5 Å². The molecule has 2 radical (unpaired) electrons. The molecule has 0 heterocycles. The van der Waals surface area contributed by atoms with Gasteiger partial charge in [0.05, 0.1) is 0 Å².